The summed E-state index contributed by atoms with van der Waals surface area (Å²) in [6.07, 6.45) is 1.22. The number of nitrogens with two attached hydrogens (primary N) is 1. The summed E-state index contributed by atoms with van der Waals surface area (Å²) in [7, 11) is 0. The predicted octanol–water partition coefficient (Wildman–Crippen LogP) is 2.40. The van der Waals surface area contributed by atoms with Gasteiger partial charge in [0.15, 0.2) is 0 Å². The zero-order chi connectivity index (χ0) is 16.0. The first-order valence-corrected chi connectivity index (χ1v) is 7.39. The zero-order valence-electron chi connectivity index (χ0n) is 12.8. The van der Waals surface area contributed by atoms with Gasteiger partial charge in [0.2, 0.25) is 0 Å². The third-order valence-electron chi connectivity index (χ3n) is 3.72. The van der Waals surface area contributed by atoms with Crippen LogP contribution < -0.4 is 10.5 Å². The van der Waals surface area contributed by atoms with Gasteiger partial charge in [-0.15, -0.1) is 0 Å². The molecule has 0 aliphatic carbocycles. The van der Waals surface area contributed by atoms with Crippen molar-refractivity contribution < 1.29 is 14.9 Å². The molecule has 0 heterocycles. The van der Waals surface area contributed by atoms with Crippen LogP contribution in [0.4, 0.5) is 0 Å². The molecule has 118 valence electrons. The molecule has 0 aliphatic rings. The summed E-state index contributed by atoms with van der Waals surface area (Å²) in [4.78, 5) is 0. The maximum absolute atomic E-state index is 9.19. The van der Waals surface area contributed by atoms with E-state index in [1.165, 1.54) is 5.56 Å². The third-order valence-corrected chi connectivity index (χ3v) is 3.72. The second kappa shape index (κ2) is 7.40. The number of benzene rings is 2. The van der Waals surface area contributed by atoms with Crippen LogP contribution in [0.1, 0.15) is 17.5 Å². The molecule has 0 unspecified atom stereocenters. The molecule has 4 nitrogen and oxygen atoms in total. The molecule has 0 fully saturated rings. The second-order valence-corrected chi connectivity index (χ2v) is 5.74. The lowest BCUT2D eigenvalue weighted by molar-refractivity contribution is 0.115. The first kappa shape index (κ1) is 16.5. The van der Waals surface area contributed by atoms with Gasteiger partial charge >= 0.3 is 0 Å². The van der Waals surface area contributed by atoms with Gasteiger partial charge in [-0.05, 0) is 49.6 Å². The molecular formula is C18H23NO3. The average Bonchev–Trinajstić information content (AvgIpc) is 2.56. The van der Waals surface area contributed by atoms with E-state index < -0.39 is 5.54 Å². The van der Waals surface area contributed by atoms with E-state index >= 15 is 0 Å². The van der Waals surface area contributed by atoms with Crippen molar-refractivity contribution in [1.82, 2.24) is 0 Å². The molecule has 4 heteroatoms. The number of aliphatic hydroxyl groups excluding tert-OH is 2. The molecular weight excluding hydrogens is 278 g/mol. The van der Waals surface area contributed by atoms with Crippen molar-refractivity contribution in [2.24, 2.45) is 5.73 Å². The Hall–Kier alpha value is -1.88. The van der Waals surface area contributed by atoms with Gasteiger partial charge < -0.3 is 20.7 Å². The lowest BCUT2D eigenvalue weighted by atomic mass is 9.94. The van der Waals surface area contributed by atoms with E-state index in [1.54, 1.807) is 0 Å². The highest BCUT2D eigenvalue weighted by atomic mass is 16.5. The quantitative estimate of drug-likeness (QED) is 0.734. The van der Waals surface area contributed by atoms with Gasteiger partial charge in [-0.25, -0.2) is 0 Å². The first-order chi connectivity index (χ1) is 10.5. The highest BCUT2D eigenvalue weighted by molar-refractivity contribution is 5.34. The van der Waals surface area contributed by atoms with Crippen LogP contribution in [0.25, 0.3) is 0 Å². The fourth-order valence-corrected chi connectivity index (χ4v) is 2.07. The van der Waals surface area contributed by atoms with Crippen LogP contribution in [-0.4, -0.2) is 29.0 Å². The Morgan fingerprint density at radius 3 is 1.91 bits per heavy atom. The lowest BCUT2D eigenvalue weighted by Crippen LogP contribution is -2.47. The Morgan fingerprint density at radius 2 is 1.41 bits per heavy atom. The molecule has 0 spiro atoms. The highest BCUT2D eigenvalue weighted by Crippen LogP contribution is 2.22. The van der Waals surface area contributed by atoms with Crippen LogP contribution in [0.15, 0.2) is 48.5 Å². The fraction of sp³-hybridized carbons (Fsp3) is 0.333. The molecule has 0 saturated carbocycles. The molecule has 0 saturated heterocycles. The van der Waals surface area contributed by atoms with Crippen LogP contribution in [0, 0.1) is 6.92 Å². The lowest BCUT2D eigenvalue weighted by Gasteiger charge is -2.24. The molecule has 0 aromatic heterocycles. The van der Waals surface area contributed by atoms with E-state index in [1.807, 2.05) is 55.5 Å². The van der Waals surface area contributed by atoms with Crippen LogP contribution >= 0.6 is 0 Å². The van der Waals surface area contributed by atoms with Gasteiger partial charge in [-0.2, -0.15) is 0 Å². The van der Waals surface area contributed by atoms with Gasteiger partial charge in [0.1, 0.15) is 11.5 Å². The monoisotopic (exact) mass is 301 g/mol. The Bertz CT molecular complexity index is 574. The van der Waals surface area contributed by atoms with E-state index in [-0.39, 0.29) is 13.2 Å². The third kappa shape index (κ3) is 4.56. The first-order valence-electron chi connectivity index (χ1n) is 7.39. The smallest absolute Gasteiger partial charge is 0.127 e. The van der Waals surface area contributed by atoms with Crippen LogP contribution in [0.3, 0.4) is 0 Å². The number of aryl methyl sites for hydroxylation is 2. The Kier molecular flexibility index (Phi) is 5.55. The number of rotatable bonds is 7. The number of ether oxygens (including phenoxy) is 1. The molecule has 22 heavy (non-hydrogen) atoms. The topological polar surface area (TPSA) is 75.7 Å². The molecule has 0 amide bonds. The minimum atomic E-state index is -0.920. The molecule has 0 bridgehead atoms. The minimum absolute atomic E-state index is 0.224. The predicted molar refractivity (Wildman–Crippen MR) is 87.1 cm³/mol. The van der Waals surface area contributed by atoms with E-state index in [2.05, 4.69) is 0 Å². The van der Waals surface area contributed by atoms with Crippen LogP contribution in [-0.2, 0) is 6.42 Å². The zero-order valence-corrected chi connectivity index (χ0v) is 12.8. The molecule has 2 aromatic rings. The van der Waals surface area contributed by atoms with E-state index in [9.17, 15) is 10.2 Å². The van der Waals surface area contributed by atoms with E-state index in [0.717, 1.165) is 17.1 Å². The average molecular weight is 301 g/mol. The summed E-state index contributed by atoms with van der Waals surface area (Å²) in [5.74, 6) is 1.58. The highest BCUT2D eigenvalue weighted by Gasteiger charge is 2.22. The SMILES string of the molecule is Cc1ccc(Oc2ccc(CCC(N)(CO)CO)cc2)cc1. The summed E-state index contributed by atoms with van der Waals surface area (Å²) < 4.78 is 5.77. The Morgan fingerprint density at radius 1 is 0.909 bits per heavy atom. The van der Waals surface area contributed by atoms with Crippen molar-refractivity contribution in [1.29, 1.82) is 0 Å². The molecule has 4 N–H and O–H groups in total. The van der Waals surface area contributed by atoms with Gasteiger partial charge in [0.05, 0.1) is 18.8 Å². The number of hydrogen-bond donors (Lipinski definition) is 3. The molecule has 2 rings (SSSR count). The standard InChI is InChI=1S/C18H23NO3/c1-14-2-6-16(7-3-14)22-17-8-4-15(5-9-17)10-11-18(19,12-20)13-21/h2-9,20-21H,10-13,19H2,1H3. The van der Waals surface area contributed by atoms with Gasteiger partial charge in [-0.1, -0.05) is 29.8 Å². The fourth-order valence-electron chi connectivity index (χ4n) is 2.07. The number of hydrogen-bond acceptors (Lipinski definition) is 4. The molecule has 0 radical (unpaired) electrons. The summed E-state index contributed by atoms with van der Waals surface area (Å²) in [5.41, 5.74) is 7.23. The normalized spacial score (nSPS) is 11.5. The van der Waals surface area contributed by atoms with Crippen molar-refractivity contribution in [2.45, 2.75) is 25.3 Å². The molecule has 2 aromatic carbocycles. The minimum Gasteiger partial charge on any atom is -0.457 e. The van der Waals surface area contributed by atoms with Crippen molar-refractivity contribution in [3.63, 3.8) is 0 Å². The van der Waals surface area contributed by atoms with Gasteiger partial charge in [-0.3, -0.25) is 0 Å². The van der Waals surface area contributed by atoms with Crippen molar-refractivity contribution in [2.75, 3.05) is 13.2 Å². The second-order valence-electron chi connectivity index (χ2n) is 5.74. The summed E-state index contributed by atoms with van der Waals surface area (Å²) >= 11 is 0. The van der Waals surface area contributed by atoms with Crippen LogP contribution in [0.5, 0.6) is 11.5 Å². The van der Waals surface area contributed by atoms with Crippen molar-refractivity contribution in [3.05, 3.63) is 59.7 Å². The Labute approximate surface area is 131 Å². The van der Waals surface area contributed by atoms with Gasteiger partial charge in [0, 0.05) is 0 Å². The Balaban J connectivity index is 1.94. The maximum atomic E-state index is 9.19. The van der Waals surface area contributed by atoms with E-state index in [0.29, 0.717) is 12.8 Å². The van der Waals surface area contributed by atoms with E-state index in [4.69, 9.17) is 10.5 Å². The van der Waals surface area contributed by atoms with Crippen molar-refractivity contribution in [3.8, 4) is 11.5 Å². The van der Waals surface area contributed by atoms with Crippen LogP contribution in [0.2, 0.25) is 0 Å². The summed E-state index contributed by atoms with van der Waals surface area (Å²) in [6.45, 7) is 1.59. The summed E-state index contributed by atoms with van der Waals surface area (Å²) in [6, 6.07) is 15.7. The maximum Gasteiger partial charge on any atom is 0.127 e. The van der Waals surface area contributed by atoms with Crippen molar-refractivity contribution >= 4 is 0 Å². The molecule has 0 atom stereocenters. The summed E-state index contributed by atoms with van der Waals surface area (Å²) in [5, 5.41) is 18.4. The number of aliphatic hydroxyl groups is 2. The largest absolute Gasteiger partial charge is 0.457 e. The van der Waals surface area contributed by atoms with Gasteiger partial charge in [0.25, 0.3) is 0 Å². The molecule has 0 aliphatic heterocycles.